The maximum absolute atomic E-state index is 12.6. The van der Waals surface area contributed by atoms with Crippen LogP contribution < -0.4 is 4.90 Å². The second-order valence-electron chi connectivity index (χ2n) is 5.53. The smallest absolute Gasteiger partial charge is 0.269 e. The second-order valence-corrected chi connectivity index (χ2v) is 6.69. The zero-order valence-corrected chi connectivity index (χ0v) is 15.0. The van der Waals surface area contributed by atoms with Gasteiger partial charge in [-0.25, -0.2) is 0 Å². The van der Waals surface area contributed by atoms with Gasteiger partial charge in [-0.1, -0.05) is 12.1 Å². The fourth-order valence-corrected chi connectivity index (χ4v) is 3.38. The number of anilines is 1. The Balaban J connectivity index is 1.64. The number of hydrogen-bond donors (Lipinski definition) is 0. The fraction of sp³-hybridized carbons (Fsp3) is 0.235. The first-order valence-electron chi connectivity index (χ1n) is 7.59. The van der Waals surface area contributed by atoms with Gasteiger partial charge in [0.15, 0.2) is 0 Å². The van der Waals surface area contributed by atoms with E-state index in [4.69, 9.17) is 0 Å². The van der Waals surface area contributed by atoms with Crippen LogP contribution in [0.4, 0.5) is 11.4 Å². The van der Waals surface area contributed by atoms with Gasteiger partial charge in [0.2, 0.25) is 0 Å². The van der Waals surface area contributed by atoms with E-state index in [2.05, 4.69) is 27.5 Å². The molecular formula is C17H16IN3O3. The highest BCUT2D eigenvalue weighted by Crippen LogP contribution is 2.21. The van der Waals surface area contributed by atoms with Crippen LogP contribution in [0.25, 0.3) is 0 Å². The Morgan fingerprint density at radius 3 is 2.21 bits per heavy atom. The minimum Gasteiger partial charge on any atom is -0.368 e. The summed E-state index contributed by atoms with van der Waals surface area (Å²) in [6, 6.07) is 14.1. The highest BCUT2D eigenvalue weighted by molar-refractivity contribution is 14.1. The van der Waals surface area contributed by atoms with Crippen molar-refractivity contribution in [2.24, 2.45) is 0 Å². The Kier molecular flexibility index (Phi) is 4.98. The molecule has 2 aromatic rings. The fourth-order valence-electron chi connectivity index (χ4n) is 2.76. The van der Waals surface area contributed by atoms with Crippen molar-refractivity contribution in [2.75, 3.05) is 31.1 Å². The molecular weight excluding hydrogens is 421 g/mol. The predicted octanol–water partition coefficient (Wildman–Crippen LogP) is 3.16. The van der Waals surface area contributed by atoms with E-state index in [9.17, 15) is 14.9 Å². The van der Waals surface area contributed by atoms with E-state index < -0.39 is 4.92 Å². The Labute approximate surface area is 153 Å². The monoisotopic (exact) mass is 437 g/mol. The van der Waals surface area contributed by atoms with E-state index in [0.717, 1.165) is 14.8 Å². The van der Waals surface area contributed by atoms with Crippen molar-refractivity contribution in [2.45, 2.75) is 0 Å². The summed E-state index contributed by atoms with van der Waals surface area (Å²) in [5.41, 5.74) is 1.77. The summed E-state index contributed by atoms with van der Waals surface area (Å²) in [5, 5.41) is 10.7. The first-order valence-corrected chi connectivity index (χ1v) is 8.67. The van der Waals surface area contributed by atoms with Gasteiger partial charge in [0.25, 0.3) is 11.6 Å². The standard InChI is InChI=1S/C17H16IN3O3/c18-16-4-2-1-3-15(16)17(22)20-11-9-19(10-12-20)13-5-7-14(8-6-13)21(23)24/h1-8H,9-12H2. The van der Waals surface area contributed by atoms with E-state index in [-0.39, 0.29) is 11.6 Å². The number of carbonyl (C=O) groups is 1. The molecule has 1 aliphatic rings. The average Bonchev–Trinajstić information content (AvgIpc) is 2.62. The number of nitro groups is 1. The molecule has 0 aromatic heterocycles. The highest BCUT2D eigenvalue weighted by atomic mass is 127. The van der Waals surface area contributed by atoms with Crippen molar-refractivity contribution < 1.29 is 9.72 Å². The van der Waals surface area contributed by atoms with Crippen molar-refractivity contribution in [1.29, 1.82) is 0 Å². The van der Waals surface area contributed by atoms with Crippen LogP contribution in [0.3, 0.4) is 0 Å². The number of piperazine rings is 1. The minimum atomic E-state index is -0.401. The highest BCUT2D eigenvalue weighted by Gasteiger charge is 2.23. The summed E-state index contributed by atoms with van der Waals surface area (Å²) >= 11 is 2.18. The number of amides is 1. The molecule has 7 heteroatoms. The van der Waals surface area contributed by atoms with Gasteiger partial charge >= 0.3 is 0 Å². The first-order chi connectivity index (χ1) is 11.6. The van der Waals surface area contributed by atoms with Gasteiger partial charge in [-0.2, -0.15) is 0 Å². The summed E-state index contributed by atoms with van der Waals surface area (Å²) in [5.74, 6) is 0.0587. The van der Waals surface area contributed by atoms with Gasteiger partial charge in [0.05, 0.1) is 10.5 Å². The molecule has 0 N–H and O–H groups in total. The summed E-state index contributed by atoms with van der Waals surface area (Å²) in [6.07, 6.45) is 0. The van der Waals surface area contributed by atoms with E-state index in [1.807, 2.05) is 29.2 Å². The van der Waals surface area contributed by atoms with Gasteiger partial charge in [-0.3, -0.25) is 14.9 Å². The number of nitrogens with zero attached hydrogens (tertiary/aromatic N) is 3. The Hall–Kier alpha value is -2.16. The average molecular weight is 437 g/mol. The van der Waals surface area contributed by atoms with E-state index in [1.165, 1.54) is 12.1 Å². The quantitative estimate of drug-likeness (QED) is 0.421. The number of non-ortho nitro benzene ring substituents is 1. The number of rotatable bonds is 3. The van der Waals surface area contributed by atoms with Crippen LogP contribution in [0, 0.1) is 13.7 Å². The molecule has 0 spiro atoms. The molecule has 24 heavy (non-hydrogen) atoms. The summed E-state index contributed by atoms with van der Waals surface area (Å²) in [7, 11) is 0. The molecule has 124 valence electrons. The molecule has 1 heterocycles. The first kappa shape index (κ1) is 16.7. The summed E-state index contributed by atoms with van der Waals surface area (Å²) in [6.45, 7) is 2.71. The lowest BCUT2D eigenvalue weighted by Gasteiger charge is -2.36. The normalized spacial score (nSPS) is 14.5. The topological polar surface area (TPSA) is 66.7 Å². The van der Waals surface area contributed by atoms with Gasteiger partial charge < -0.3 is 9.80 Å². The number of carbonyl (C=O) groups excluding carboxylic acids is 1. The SMILES string of the molecule is O=C(c1ccccc1I)N1CCN(c2ccc([N+](=O)[O-])cc2)CC1. The van der Waals surface area contributed by atoms with Gasteiger partial charge in [-0.15, -0.1) is 0 Å². The van der Waals surface area contributed by atoms with Crippen molar-refractivity contribution in [3.05, 3.63) is 67.8 Å². The molecule has 1 amide bonds. The molecule has 0 saturated carbocycles. The zero-order chi connectivity index (χ0) is 17.1. The molecule has 6 nitrogen and oxygen atoms in total. The predicted molar refractivity (Wildman–Crippen MR) is 100 cm³/mol. The van der Waals surface area contributed by atoms with Crippen molar-refractivity contribution in [1.82, 2.24) is 4.90 Å². The molecule has 0 unspecified atom stereocenters. The van der Waals surface area contributed by atoms with E-state index >= 15 is 0 Å². The number of benzene rings is 2. The van der Waals surface area contributed by atoms with Crippen LogP contribution in [0.1, 0.15) is 10.4 Å². The van der Waals surface area contributed by atoms with Crippen LogP contribution >= 0.6 is 22.6 Å². The van der Waals surface area contributed by atoms with Crippen molar-refractivity contribution in [3.8, 4) is 0 Å². The molecule has 1 saturated heterocycles. The third kappa shape index (κ3) is 3.50. The minimum absolute atomic E-state index is 0.0587. The lowest BCUT2D eigenvalue weighted by molar-refractivity contribution is -0.384. The van der Waals surface area contributed by atoms with E-state index in [1.54, 1.807) is 12.1 Å². The lowest BCUT2D eigenvalue weighted by atomic mass is 10.1. The summed E-state index contributed by atoms with van der Waals surface area (Å²) in [4.78, 5) is 26.9. The lowest BCUT2D eigenvalue weighted by Crippen LogP contribution is -2.48. The Bertz CT molecular complexity index is 756. The molecule has 3 rings (SSSR count). The Morgan fingerprint density at radius 1 is 1.00 bits per heavy atom. The van der Waals surface area contributed by atoms with Crippen LogP contribution in [0.15, 0.2) is 48.5 Å². The van der Waals surface area contributed by atoms with Crippen LogP contribution in [-0.2, 0) is 0 Å². The molecule has 1 fully saturated rings. The van der Waals surface area contributed by atoms with Crippen LogP contribution in [0.5, 0.6) is 0 Å². The van der Waals surface area contributed by atoms with Crippen LogP contribution in [-0.4, -0.2) is 41.9 Å². The molecule has 0 aliphatic carbocycles. The molecule has 1 aliphatic heterocycles. The molecule has 0 atom stereocenters. The van der Waals surface area contributed by atoms with Crippen LogP contribution in [0.2, 0.25) is 0 Å². The van der Waals surface area contributed by atoms with Crippen molar-refractivity contribution >= 4 is 39.9 Å². The second kappa shape index (κ2) is 7.16. The van der Waals surface area contributed by atoms with Gasteiger partial charge in [0, 0.05) is 47.6 Å². The number of hydrogen-bond acceptors (Lipinski definition) is 4. The van der Waals surface area contributed by atoms with Gasteiger partial charge in [-0.05, 0) is 46.9 Å². The number of halogens is 1. The molecule has 0 bridgehead atoms. The largest absolute Gasteiger partial charge is 0.368 e. The molecule has 0 radical (unpaired) electrons. The Morgan fingerprint density at radius 2 is 1.62 bits per heavy atom. The third-order valence-corrected chi connectivity index (χ3v) is 5.04. The van der Waals surface area contributed by atoms with E-state index in [0.29, 0.717) is 26.2 Å². The molecule has 2 aromatic carbocycles. The summed E-state index contributed by atoms with van der Waals surface area (Å²) < 4.78 is 0.956. The maximum Gasteiger partial charge on any atom is 0.269 e. The third-order valence-electron chi connectivity index (χ3n) is 4.10. The number of nitro benzene ring substituents is 1. The van der Waals surface area contributed by atoms with Gasteiger partial charge in [0.1, 0.15) is 0 Å². The maximum atomic E-state index is 12.6. The zero-order valence-electron chi connectivity index (χ0n) is 12.9. The van der Waals surface area contributed by atoms with Crippen molar-refractivity contribution in [3.63, 3.8) is 0 Å².